The first-order valence-electron chi connectivity index (χ1n) is 6.83. The Morgan fingerprint density at radius 1 is 0.889 bits per heavy atom. The highest BCUT2D eigenvalue weighted by Crippen LogP contribution is 2.60. The molecule has 3 atom stereocenters. The van der Waals surface area contributed by atoms with Gasteiger partial charge < -0.3 is 0 Å². The smallest absolute Gasteiger partial charge is 0.00593 e. The second kappa shape index (κ2) is 4.21. The zero-order valence-electron chi connectivity index (χ0n) is 10.4. The maximum Gasteiger partial charge on any atom is -0.00593 e. The molecule has 4 rings (SSSR count). The molecule has 1 unspecified atom stereocenters. The molecule has 0 saturated carbocycles. The minimum absolute atomic E-state index is 0.0730. The van der Waals surface area contributed by atoms with Crippen LogP contribution in [-0.2, 0) is 6.42 Å². The Balaban J connectivity index is 1.70. The second-order valence-electron chi connectivity index (χ2n) is 5.39. The van der Waals surface area contributed by atoms with Crippen LogP contribution in [0.2, 0.25) is 0 Å². The van der Waals surface area contributed by atoms with E-state index in [9.17, 15) is 0 Å². The van der Waals surface area contributed by atoms with Gasteiger partial charge in [-0.25, -0.2) is 0 Å². The molecule has 0 N–H and O–H groups in total. The molecule has 18 heavy (non-hydrogen) atoms. The van der Waals surface area contributed by atoms with E-state index in [-0.39, 0.29) is 7.92 Å². The molecule has 0 radical (unpaired) electrons. The van der Waals surface area contributed by atoms with Crippen molar-refractivity contribution in [2.75, 3.05) is 6.16 Å². The van der Waals surface area contributed by atoms with Crippen molar-refractivity contribution in [3.63, 3.8) is 0 Å². The molecule has 0 amide bonds. The highest BCUT2D eigenvalue weighted by molar-refractivity contribution is 7.66. The molecule has 1 heterocycles. The molecule has 90 valence electrons. The molecule has 1 aliphatic carbocycles. The highest BCUT2D eigenvalue weighted by Gasteiger charge is 2.42. The molecule has 1 aliphatic heterocycles. The van der Waals surface area contributed by atoms with Crippen molar-refractivity contribution in [1.82, 2.24) is 0 Å². The maximum absolute atomic E-state index is 2.36. The van der Waals surface area contributed by atoms with E-state index in [2.05, 4.69) is 54.6 Å². The maximum atomic E-state index is 2.36. The number of rotatable bonds is 1. The van der Waals surface area contributed by atoms with Gasteiger partial charge in [0.25, 0.3) is 0 Å². The van der Waals surface area contributed by atoms with E-state index in [1.165, 1.54) is 19.0 Å². The molecule has 2 aliphatic rings. The number of fused-ring (bicyclic) bond motifs is 3. The molecule has 0 aromatic heterocycles. The van der Waals surface area contributed by atoms with E-state index >= 15 is 0 Å². The van der Waals surface area contributed by atoms with Gasteiger partial charge in [0, 0.05) is 0 Å². The van der Waals surface area contributed by atoms with Gasteiger partial charge in [0.1, 0.15) is 0 Å². The minimum Gasteiger partial charge on any atom is -0.0712 e. The lowest BCUT2D eigenvalue weighted by molar-refractivity contribution is 0.709. The van der Waals surface area contributed by atoms with Crippen molar-refractivity contribution in [2.45, 2.75) is 24.4 Å². The van der Waals surface area contributed by atoms with E-state index in [4.69, 9.17) is 0 Å². The minimum atomic E-state index is 0.0730. The first-order valence-corrected chi connectivity index (χ1v) is 8.42. The first kappa shape index (κ1) is 10.8. The number of hydrogen-bond donors (Lipinski definition) is 0. The molecular formula is C17H17P. The third kappa shape index (κ3) is 1.56. The second-order valence-corrected chi connectivity index (χ2v) is 7.96. The van der Waals surface area contributed by atoms with Gasteiger partial charge >= 0.3 is 0 Å². The van der Waals surface area contributed by atoms with Crippen molar-refractivity contribution in [2.24, 2.45) is 0 Å². The largest absolute Gasteiger partial charge is 0.0712 e. The zero-order chi connectivity index (χ0) is 11.9. The lowest BCUT2D eigenvalue weighted by Gasteiger charge is -2.19. The van der Waals surface area contributed by atoms with Gasteiger partial charge in [-0.1, -0.05) is 62.5 Å². The summed E-state index contributed by atoms with van der Waals surface area (Å²) in [6.07, 6.45) is 4.16. The van der Waals surface area contributed by atoms with Crippen LogP contribution in [0.5, 0.6) is 0 Å². The van der Waals surface area contributed by atoms with Crippen molar-refractivity contribution in [3.05, 3.63) is 65.7 Å². The SMILES string of the molecule is c1ccc(P2CC[C@@H]3c4ccccc4C[C@@H]32)cc1. The first-order chi connectivity index (χ1) is 8.93. The van der Waals surface area contributed by atoms with E-state index < -0.39 is 0 Å². The van der Waals surface area contributed by atoms with Crippen molar-refractivity contribution in [1.29, 1.82) is 0 Å². The van der Waals surface area contributed by atoms with E-state index in [1.807, 2.05) is 0 Å². The summed E-state index contributed by atoms with van der Waals surface area (Å²) >= 11 is 0. The van der Waals surface area contributed by atoms with Gasteiger partial charge in [0.05, 0.1) is 0 Å². The molecule has 1 fully saturated rings. The fraction of sp³-hybridized carbons (Fsp3) is 0.294. The molecule has 0 spiro atoms. The summed E-state index contributed by atoms with van der Waals surface area (Å²) in [5.74, 6) is 0.854. The number of benzene rings is 2. The van der Waals surface area contributed by atoms with E-state index in [0.717, 1.165) is 11.6 Å². The van der Waals surface area contributed by atoms with Gasteiger partial charge in [-0.05, 0) is 47.0 Å². The average Bonchev–Trinajstić information content (AvgIpc) is 2.98. The Bertz CT molecular complexity index is 561. The van der Waals surface area contributed by atoms with Gasteiger partial charge in [-0.2, -0.15) is 0 Å². The summed E-state index contributed by atoms with van der Waals surface area (Å²) in [5, 5.41) is 1.62. The lowest BCUT2D eigenvalue weighted by Crippen LogP contribution is -2.12. The summed E-state index contributed by atoms with van der Waals surface area (Å²) in [5.41, 5.74) is 4.19. The Morgan fingerprint density at radius 2 is 1.67 bits per heavy atom. The Kier molecular flexibility index (Phi) is 2.52. The molecule has 2 aromatic carbocycles. The number of hydrogen-bond acceptors (Lipinski definition) is 0. The van der Waals surface area contributed by atoms with Crippen LogP contribution in [0.25, 0.3) is 0 Å². The molecule has 0 nitrogen and oxygen atoms in total. The molecule has 0 bridgehead atoms. The Labute approximate surface area is 110 Å². The summed E-state index contributed by atoms with van der Waals surface area (Å²) in [7, 11) is 0.0730. The van der Waals surface area contributed by atoms with Crippen LogP contribution in [0.4, 0.5) is 0 Å². The van der Waals surface area contributed by atoms with Crippen molar-refractivity contribution >= 4 is 13.2 Å². The van der Waals surface area contributed by atoms with Gasteiger partial charge in [0.15, 0.2) is 0 Å². The molecular weight excluding hydrogens is 235 g/mol. The Hall–Kier alpha value is -1.13. The van der Waals surface area contributed by atoms with Crippen LogP contribution in [0.1, 0.15) is 23.5 Å². The van der Waals surface area contributed by atoms with Gasteiger partial charge in [-0.15, -0.1) is 0 Å². The predicted octanol–water partition coefficient (Wildman–Crippen LogP) is 3.91. The fourth-order valence-electron chi connectivity index (χ4n) is 3.72. The standard InChI is InChI=1S/C17H17P/c1-2-7-14(8-3-1)18-11-10-16-15-9-5-4-6-13(15)12-17(16)18/h1-9,16-17H,10-12H2/t16-,17+,18?/m1/s1. The topological polar surface area (TPSA) is 0 Å². The zero-order valence-corrected chi connectivity index (χ0v) is 11.3. The van der Waals surface area contributed by atoms with Crippen molar-refractivity contribution < 1.29 is 0 Å². The quantitative estimate of drug-likeness (QED) is 0.675. The Morgan fingerprint density at radius 3 is 2.56 bits per heavy atom. The van der Waals surface area contributed by atoms with Crippen LogP contribution in [0, 0.1) is 0 Å². The predicted molar refractivity (Wildman–Crippen MR) is 79.2 cm³/mol. The summed E-state index contributed by atoms with van der Waals surface area (Å²) in [4.78, 5) is 0. The fourth-order valence-corrected chi connectivity index (χ4v) is 6.96. The highest BCUT2D eigenvalue weighted by atomic mass is 31.1. The third-order valence-corrected chi connectivity index (χ3v) is 7.56. The van der Waals surface area contributed by atoms with Crippen LogP contribution in [0.15, 0.2) is 54.6 Å². The normalized spacial score (nSPS) is 29.0. The van der Waals surface area contributed by atoms with Gasteiger partial charge in [-0.3, -0.25) is 0 Å². The monoisotopic (exact) mass is 252 g/mol. The van der Waals surface area contributed by atoms with Crippen LogP contribution >= 0.6 is 7.92 Å². The third-order valence-electron chi connectivity index (χ3n) is 4.52. The van der Waals surface area contributed by atoms with Crippen LogP contribution in [-0.4, -0.2) is 11.8 Å². The van der Waals surface area contributed by atoms with Crippen LogP contribution in [0.3, 0.4) is 0 Å². The van der Waals surface area contributed by atoms with E-state index in [0.29, 0.717) is 0 Å². The average molecular weight is 252 g/mol. The molecule has 1 saturated heterocycles. The molecule has 2 aromatic rings. The molecule has 1 heteroatoms. The lowest BCUT2D eigenvalue weighted by atomic mass is 9.99. The summed E-state index contributed by atoms with van der Waals surface area (Å²) in [6.45, 7) is 0. The van der Waals surface area contributed by atoms with Crippen molar-refractivity contribution in [3.8, 4) is 0 Å². The summed E-state index contributed by atoms with van der Waals surface area (Å²) in [6, 6.07) is 20.3. The van der Waals surface area contributed by atoms with E-state index in [1.54, 1.807) is 16.4 Å². The van der Waals surface area contributed by atoms with Gasteiger partial charge in [0.2, 0.25) is 0 Å². The summed E-state index contributed by atoms with van der Waals surface area (Å²) < 4.78 is 0. The van der Waals surface area contributed by atoms with Crippen LogP contribution < -0.4 is 5.30 Å².